The van der Waals surface area contributed by atoms with Crippen LogP contribution in [0, 0.1) is 6.92 Å². The van der Waals surface area contributed by atoms with Crippen molar-refractivity contribution >= 4 is 17.5 Å². The SMILES string of the molecule is Cc1ccc(Nc2nc(NN)cc(C3CNCCO3)n2)cc1. The molecule has 116 valence electrons. The van der Waals surface area contributed by atoms with Crippen LogP contribution in [0.1, 0.15) is 17.4 Å². The molecule has 1 aromatic carbocycles. The molecule has 1 saturated heterocycles. The van der Waals surface area contributed by atoms with Crippen molar-refractivity contribution in [2.24, 2.45) is 5.84 Å². The van der Waals surface area contributed by atoms with Crippen LogP contribution in [-0.2, 0) is 4.74 Å². The number of rotatable bonds is 4. The molecule has 2 aromatic rings. The first-order chi connectivity index (χ1) is 10.7. The lowest BCUT2D eigenvalue weighted by Crippen LogP contribution is -2.34. The average Bonchev–Trinajstić information content (AvgIpc) is 2.57. The zero-order valence-electron chi connectivity index (χ0n) is 12.5. The number of hydrazine groups is 1. The number of nitrogen functional groups attached to an aromatic ring is 1. The second kappa shape index (κ2) is 6.69. The number of aryl methyl sites for hydroxylation is 1. The first-order valence-electron chi connectivity index (χ1n) is 7.26. The number of ether oxygens (including phenoxy) is 1. The number of aromatic nitrogens is 2. The molecular weight excluding hydrogens is 280 g/mol. The first-order valence-corrected chi connectivity index (χ1v) is 7.26. The maximum absolute atomic E-state index is 5.74. The summed E-state index contributed by atoms with van der Waals surface area (Å²) in [6, 6.07) is 9.84. The number of nitrogens with zero attached hydrogens (tertiary/aromatic N) is 2. The van der Waals surface area contributed by atoms with Crippen LogP contribution in [0.4, 0.5) is 17.5 Å². The van der Waals surface area contributed by atoms with E-state index in [0.29, 0.717) is 18.4 Å². The third-order valence-electron chi connectivity index (χ3n) is 3.46. The van der Waals surface area contributed by atoms with Crippen molar-refractivity contribution in [1.29, 1.82) is 0 Å². The Morgan fingerprint density at radius 1 is 1.27 bits per heavy atom. The summed E-state index contributed by atoms with van der Waals surface area (Å²) in [4.78, 5) is 8.87. The van der Waals surface area contributed by atoms with E-state index in [1.807, 2.05) is 31.2 Å². The van der Waals surface area contributed by atoms with E-state index in [4.69, 9.17) is 10.6 Å². The molecule has 1 aliphatic heterocycles. The Kier molecular flexibility index (Phi) is 4.47. The van der Waals surface area contributed by atoms with Gasteiger partial charge in [-0.05, 0) is 19.1 Å². The fraction of sp³-hybridized carbons (Fsp3) is 0.333. The third kappa shape index (κ3) is 3.51. The van der Waals surface area contributed by atoms with E-state index in [0.717, 1.165) is 24.5 Å². The van der Waals surface area contributed by atoms with Crippen LogP contribution in [0.3, 0.4) is 0 Å². The quantitative estimate of drug-likeness (QED) is 0.501. The van der Waals surface area contributed by atoms with E-state index >= 15 is 0 Å². The van der Waals surface area contributed by atoms with Gasteiger partial charge in [0.2, 0.25) is 5.95 Å². The number of morpholine rings is 1. The van der Waals surface area contributed by atoms with Gasteiger partial charge in [0.05, 0.1) is 12.3 Å². The highest BCUT2D eigenvalue weighted by molar-refractivity contribution is 5.55. The molecule has 1 atom stereocenters. The first kappa shape index (κ1) is 14.7. The molecule has 3 rings (SSSR count). The van der Waals surface area contributed by atoms with Crippen molar-refractivity contribution in [3.8, 4) is 0 Å². The minimum Gasteiger partial charge on any atom is -0.369 e. The topological polar surface area (TPSA) is 97.1 Å². The van der Waals surface area contributed by atoms with Crippen LogP contribution >= 0.6 is 0 Å². The maximum Gasteiger partial charge on any atom is 0.229 e. The standard InChI is InChI=1S/C15H20N6O/c1-10-2-4-11(5-3-10)18-15-19-12(8-14(20-15)21-16)13-9-17-6-7-22-13/h2-5,8,13,17H,6-7,9,16H2,1H3,(H2,18,19,20,21). The van der Waals surface area contributed by atoms with Gasteiger partial charge in [-0.2, -0.15) is 4.98 Å². The fourth-order valence-electron chi connectivity index (χ4n) is 2.28. The summed E-state index contributed by atoms with van der Waals surface area (Å²) in [5.41, 5.74) is 5.50. The largest absolute Gasteiger partial charge is 0.369 e. The molecule has 2 heterocycles. The van der Waals surface area contributed by atoms with Crippen LogP contribution < -0.4 is 21.9 Å². The van der Waals surface area contributed by atoms with E-state index in [-0.39, 0.29) is 6.10 Å². The van der Waals surface area contributed by atoms with Crippen LogP contribution in [0.15, 0.2) is 30.3 Å². The van der Waals surface area contributed by atoms with E-state index in [1.165, 1.54) is 5.56 Å². The molecule has 0 bridgehead atoms. The molecule has 7 nitrogen and oxygen atoms in total. The monoisotopic (exact) mass is 300 g/mol. The fourth-order valence-corrected chi connectivity index (χ4v) is 2.28. The minimum atomic E-state index is -0.0950. The van der Waals surface area contributed by atoms with E-state index in [9.17, 15) is 0 Å². The van der Waals surface area contributed by atoms with Gasteiger partial charge >= 0.3 is 0 Å². The number of anilines is 3. The van der Waals surface area contributed by atoms with Crippen LogP contribution in [0.2, 0.25) is 0 Å². The summed E-state index contributed by atoms with van der Waals surface area (Å²) in [7, 11) is 0. The number of nitrogens with two attached hydrogens (primary N) is 1. The molecule has 0 saturated carbocycles. The van der Waals surface area contributed by atoms with Crippen molar-refractivity contribution < 1.29 is 4.74 Å². The summed E-state index contributed by atoms with van der Waals surface area (Å²) >= 11 is 0. The van der Waals surface area contributed by atoms with E-state index in [2.05, 4.69) is 26.0 Å². The minimum absolute atomic E-state index is 0.0950. The Labute approximate surface area is 129 Å². The van der Waals surface area contributed by atoms with Gasteiger partial charge in [-0.3, -0.25) is 0 Å². The Bertz CT molecular complexity index is 624. The van der Waals surface area contributed by atoms with Crippen LogP contribution in [-0.4, -0.2) is 29.7 Å². The number of nitrogens with one attached hydrogen (secondary N) is 3. The lowest BCUT2D eigenvalue weighted by molar-refractivity contribution is 0.0251. The molecule has 1 aliphatic rings. The van der Waals surface area contributed by atoms with E-state index in [1.54, 1.807) is 6.07 Å². The van der Waals surface area contributed by atoms with Crippen LogP contribution in [0.25, 0.3) is 0 Å². The second-order valence-electron chi connectivity index (χ2n) is 5.20. The van der Waals surface area contributed by atoms with Gasteiger partial charge in [0.25, 0.3) is 0 Å². The Hall–Kier alpha value is -2.22. The summed E-state index contributed by atoms with van der Waals surface area (Å²) in [5, 5.41) is 6.48. The van der Waals surface area contributed by atoms with Crippen molar-refractivity contribution in [2.75, 3.05) is 30.4 Å². The molecule has 0 radical (unpaired) electrons. The number of hydrogen-bond acceptors (Lipinski definition) is 7. The van der Waals surface area contributed by atoms with Gasteiger partial charge in [-0.25, -0.2) is 10.8 Å². The highest BCUT2D eigenvalue weighted by Crippen LogP contribution is 2.22. The number of hydrogen-bond donors (Lipinski definition) is 4. The molecule has 5 N–H and O–H groups in total. The summed E-state index contributed by atoms with van der Waals surface area (Å²) < 4.78 is 5.74. The molecule has 1 aromatic heterocycles. The maximum atomic E-state index is 5.74. The molecule has 22 heavy (non-hydrogen) atoms. The molecule has 1 unspecified atom stereocenters. The van der Waals surface area contributed by atoms with Crippen molar-refractivity contribution in [1.82, 2.24) is 15.3 Å². The molecule has 0 amide bonds. The number of benzene rings is 1. The van der Waals surface area contributed by atoms with Gasteiger partial charge in [-0.1, -0.05) is 17.7 Å². The van der Waals surface area contributed by atoms with Crippen molar-refractivity contribution in [3.63, 3.8) is 0 Å². The molecule has 7 heteroatoms. The smallest absolute Gasteiger partial charge is 0.229 e. The lowest BCUT2D eigenvalue weighted by atomic mass is 10.2. The normalized spacial score (nSPS) is 18.0. The van der Waals surface area contributed by atoms with E-state index < -0.39 is 0 Å². The second-order valence-corrected chi connectivity index (χ2v) is 5.20. The highest BCUT2D eigenvalue weighted by Gasteiger charge is 2.19. The average molecular weight is 300 g/mol. The Morgan fingerprint density at radius 3 is 2.77 bits per heavy atom. The zero-order valence-corrected chi connectivity index (χ0v) is 12.5. The third-order valence-corrected chi connectivity index (χ3v) is 3.46. The highest BCUT2D eigenvalue weighted by atomic mass is 16.5. The van der Waals surface area contributed by atoms with Crippen molar-refractivity contribution in [2.45, 2.75) is 13.0 Å². The molecular formula is C15H20N6O. The summed E-state index contributed by atoms with van der Waals surface area (Å²) in [5.74, 6) is 6.55. The van der Waals surface area contributed by atoms with Gasteiger partial charge in [-0.15, -0.1) is 0 Å². The van der Waals surface area contributed by atoms with Gasteiger partial charge in [0.1, 0.15) is 11.9 Å². The predicted octanol–water partition coefficient (Wildman–Crippen LogP) is 1.48. The van der Waals surface area contributed by atoms with Gasteiger partial charge in [0.15, 0.2) is 0 Å². The molecule has 0 aliphatic carbocycles. The van der Waals surface area contributed by atoms with Gasteiger partial charge < -0.3 is 20.8 Å². The Balaban J connectivity index is 1.84. The van der Waals surface area contributed by atoms with Crippen LogP contribution in [0.5, 0.6) is 0 Å². The van der Waals surface area contributed by atoms with Crippen molar-refractivity contribution in [3.05, 3.63) is 41.6 Å². The molecule has 0 spiro atoms. The zero-order chi connectivity index (χ0) is 15.4. The lowest BCUT2D eigenvalue weighted by Gasteiger charge is -2.23. The summed E-state index contributed by atoms with van der Waals surface area (Å²) in [6.45, 7) is 4.30. The predicted molar refractivity (Wildman–Crippen MR) is 85.9 cm³/mol. The Morgan fingerprint density at radius 2 is 2.09 bits per heavy atom. The molecule has 1 fully saturated rings. The van der Waals surface area contributed by atoms with Gasteiger partial charge in [0, 0.05) is 24.8 Å². The summed E-state index contributed by atoms with van der Waals surface area (Å²) in [6.07, 6.45) is -0.0950.